The molecule has 0 spiro atoms. The van der Waals surface area contributed by atoms with Crippen LogP contribution < -0.4 is 5.32 Å². The van der Waals surface area contributed by atoms with Crippen LogP contribution in [-0.4, -0.2) is 30.0 Å². The highest BCUT2D eigenvalue weighted by Gasteiger charge is 2.20. The molecule has 1 N–H and O–H groups in total. The lowest BCUT2D eigenvalue weighted by Gasteiger charge is -2.04. The van der Waals surface area contributed by atoms with Crippen molar-refractivity contribution in [1.29, 1.82) is 0 Å². The average molecular weight is 418 g/mol. The summed E-state index contributed by atoms with van der Waals surface area (Å²) in [5.41, 5.74) is 2.61. The second kappa shape index (κ2) is 6.66. The predicted octanol–water partition coefficient (Wildman–Crippen LogP) is 3.94. The first-order valence-electron chi connectivity index (χ1n) is 8.08. The molecule has 4 rings (SSSR count). The van der Waals surface area contributed by atoms with Crippen LogP contribution in [0.1, 0.15) is 10.6 Å². The zero-order valence-electron chi connectivity index (χ0n) is 14.5. The molecule has 0 aliphatic heterocycles. The van der Waals surface area contributed by atoms with Crippen molar-refractivity contribution in [1.82, 2.24) is 9.97 Å². The topological polar surface area (TPSA) is 89.0 Å². The Morgan fingerprint density at radius 2 is 1.59 bits per heavy atom. The molecular formula is C18H15N3O3S3. The third kappa shape index (κ3) is 3.58. The standard InChI is InChI=1S/C18H15N3O3S3/c1-10-3-5-12(6-4-10)27(23,24)9-15(22)21-18-20-14-8-7-13-16(17(14)26-18)25-11(2)19-13/h3-8H,9H2,1-2H3,(H,20,21,22). The lowest BCUT2D eigenvalue weighted by atomic mass is 10.2. The summed E-state index contributed by atoms with van der Waals surface area (Å²) >= 11 is 2.90. The third-order valence-electron chi connectivity index (χ3n) is 3.97. The summed E-state index contributed by atoms with van der Waals surface area (Å²) in [6.07, 6.45) is 0. The van der Waals surface area contributed by atoms with Crippen LogP contribution in [0.25, 0.3) is 20.4 Å². The molecule has 0 unspecified atom stereocenters. The van der Waals surface area contributed by atoms with E-state index in [0.29, 0.717) is 5.13 Å². The molecule has 2 heterocycles. The van der Waals surface area contributed by atoms with Crippen LogP contribution in [0.15, 0.2) is 41.3 Å². The molecule has 138 valence electrons. The van der Waals surface area contributed by atoms with Crippen molar-refractivity contribution in [3.8, 4) is 0 Å². The van der Waals surface area contributed by atoms with E-state index in [9.17, 15) is 13.2 Å². The van der Waals surface area contributed by atoms with Gasteiger partial charge in [-0.1, -0.05) is 29.0 Å². The van der Waals surface area contributed by atoms with Crippen molar-refractivity contribution in [2.24, 2.45) is 0 Å². The minimum Gasteiger partial charge on any atom is -0.301 e. The molecule has 0 radical (unpaired) electrons. The molecule has 0 fully saturated rings. The molecule has 6 nitrogen and oxygen atoms in total. The van der Waals surface area contributed by atoms with Crippen molar-refractivity contribution in [3.63, 3.8) is 0 Å². The molecule has 0 saturated carbocycles. The fourth-order valence-corrected chi connectivity index (χ4v) is 5.85. The minimum atomic E-state index is -3.70. The first kappa shape index (κ1) is 18.0. The first-order valence-corrected chi connectivity index (χ1v) is 11.4. The molecule has 2 aromatic carbocycles. The number of amides is 1. The number of fused-ring (bicyclic) bond motifs is 3. The van der Waals surface area contributed by atoms with Gasteiger partial charge in [0.25, 0.3) is 0 Å². The summed E-state index contributed by atoms with van der Waals surface area (Å²) in [4.78, 5) is 21.3. The number of aromatic nitrogens is 2. The van der Waals surface area contributed by atoms with E-state index in [1.807, 2.05) is 26.0 Å². The van der Waals surface area contributed by atoms with E-state index in [-0.39, 0.29) is 4.90 Å². The summed E-state index contributed by atoms with van der Waals surface area (Å²) in [6, 6.07) is 10.2. The van der Waals surface area contributed by atoms with Crippen LogP contribution in [-0.2, 0) is 14.6 Å². The Morgan fingerprint density at radius 3 is 2.30 bits per heavy atom. The predicted molar refractivity (Wildman–Crippen MR) is 109 cm³/mol. The first-order chi connectivity index (χ1) is 12.8. The normalized spacial score (nSPS) is 11.9. The zero-order valence-corrected chi connectivity index (χ0v) is 17.0. The highest BCUT2D eigenvalue weighted by Crippen LogP contribution is 2.35. The number of rotatable bonds is 4. The van der Waals surface area contributed by atoms with Gasteiger partial charge in [-0.3, -0.25) is 4.79 Å². The summed E-state index contributed by atoms with van der Waals surface area (Å²) in [6.45, 7) is 3.81. The number of hydrogen-bond donors (Lipinski definition) is 1. The number of sulfone groups is 1. The second-order valence-electron chi connectivity index (χ2n) is 6.13. The maximum Gasteiger partial charge on any atom is 0.241 e. The van der Waals surface area contributed by atoms with Gasteiger partial charge >= 0.3 is 0 Å². The molecule has 0 aliphatic carbocycles. The minimum absolute atomic E-state index is 0.134. The zero-order chi connectivity index (χ0) is 19.2. The van der Waals surface area contributed by atoms with Gasteiger partial charge in [-0.05, 0) is 38.1 Å². The van der Waals surface area contributed by atoms with Crippen LogP contribution in [0.3, 0.4) is 0 Å². The van der Waals surface area contributed by atoms with Crippen LogP contribution in [0, 0.1) is 13.8 Å². The summed E-state index contributed by atoms with van der Waals surface area (Å²) in [5.74, 6) is -1.23. The highest BCUT2D eigenvalue weighted by molar-refractivity contribution is 7.92. The van der Waals surface area contributed by atoms with E-state index in [2.05, 4.69) is 15.3 Å². The molecular weight excluding hydrogens is 402 g/mol. The van der Waals surface area contributed by atoms with Crippen molar-refractivity contribution in [2.45, 2.75) is 18.7 Å². The SMILES string of the molecule is Cc1ccc(S(=O)(=O)CC(=O)Nc2nc3ccc4nc(C)sc4c3s2)cc1. The number of benzene rings is 2. The molecule has 0 aliphatic rings. The van der Waals surface area contributed by atoms with Crippen LogP contribution in [0.2, 0.25) is 0 Å². The monoisotopic (exact) mass is 417 g/mol. The average Bonchev–Trinajstić information content (AvgIpc) is 3.16. The quantitative estimate of drug-likeness (QED) is 0.543. The van der Waals surface area contributed by atoms with Crippen molar-refractivity contribution < 1.29 is 13.2 Å². The van der Waals surface area contributed by atoms with Gasteiger partial charge in [0, 0.05) is 0 Å². The van der Waals surface area contributed by atoms with E-state index in [4.69, 9.17) is 0 Å². The van der Waals surface area contributed by atoms with E-state index in [1.165, 1.54) is 23.5 Å². The fraction of sp³-hybridized carbons (Fsp3) is 0.167. The lowest BCUT2D eigenvalue weighted by molar-refractivity contribution is -0.113. The van der Waals surface area contributed by atoms with E-state index in [1.54, 1.807) is 23.5 Å². The van der Waals surface area contributed by atoms with E-state index >= 15 is 0 Å². The number of aryl methyl sites for hydroxylation is 2. The van der Waals surface area contributed by atoms with Gasteiger partial charge in [-0.25, -0.2) is 18.4 Å². The number of anilines is 1. The van der Waals surface area contributed by atoms with Gasteiger partial charge < -0.3 is 5.32 Å². The lowest BCUT2D eigenvalue weighted by Crippen LogP contribution is -2.22. The Morgan fingerprint density at radius 1 is 0.963 bits per heavy atom. The Kier molecular flexibility index (Phi) is 4.45. The fourth-order valence-electron chi connectivity index (χ4n) is 2.69. The summed E-state index contributed by atoms with van der Waals surface area (Å²) in [7, 11) is -3.70. The molecule has 0 bridgehead atoms. The summed E-state index contributed by atoms with van der Waals surface area (Å²) < 4.78 is 26.8. The molecule has 9 heteroatoms. The van der Waals surface area contributed by atoms with Crippen molar-refractivity contribution in [3.05, 3.63) is 47.0 Å². The number of hydrogen-bond acceptors (Lipinski definition) is 7. The van der Waals surface area contributed by atoms with Gasteiger partial charge in [0.15, 0.2) is 15.0 Å². The third-order valence-corrected chi connectivity index (χ3v) is 7.74. The molecule has 1 amide bonds. The number of carbonyl (C=O) groups is 1. The van der Waals surface area contributed by atoms with Gasteiger partial charge in [0.2, 0.25) is 5.91 Å². The largest absolute Gasteiger partial charge is 0.301 e. The van der Waals surface area contributed by atoms with Gasteiger partial charge in [-0.2, -0.15) is 0 Å². The molecule has 27 heavy (non-hydrogen) atoms. The Bertz CT molecular complexity index is 1270. The number of carbonyl (C=O) groups excluding carboxylic acids is 1. The van der Waals surface area contributed by atoms with Gasteiger partial charge in [-0.15, -0.1) is 11.3 Å². The highest BCUT2D eigenvalue weighted by atomic mass is 32.2. The Hall–Kier alpha value is -2.36. The summed E-state index contributed by atoms with van der Waals surface area (Å²) in [5, 5.41) is 3.95. The number of thiazole rings is 2. The van der Waals surface area contributed by atoms with E-state index < -0.39 is 21.5 Å². The smallest absolute Gasteiger partial charge is 0.241 e. The van der Waals surface area contributed by atoms with Crippen LogP contribution in [0.5, 0.6) is 0 Å². The van der Waals surface area contributed by atoms with E-state index in [0.717, 1.165) is 31.0 Å². The molecule has 2 aromatic heterocycles. The van der Waals surface area contributed by atoms with Crippen LogP contribution in [0.4, 0.5) is 5.13 Å². The number of nitrogens with zero attached hydrogens (tertiary/aromatic N) is 2. The van der Waals surface area contributed by atoms with Crippen molar-refractivity contribution in [2.75, 3.05) is 11.1 Å². The van der Waals surface area contributed by atoms with Crippen LogP contribution >= 0.6 is 22.7 Å². The Labute approximate surface area is 163 Å². The maximum absolute atomic E-state index is 12.4. The molecule has 4 aromatic rings. The molecule has 0 atom stereocenters. The Balaban J connectivity index is 1.57. The van der Waals surface area contributed by atoms with Crippen molar-refractivity contribution >= 4 is 64.0 Å². The second-order valence-corrected chi connectivity index (χ2v) is 10.3. The number of nitrogens with one attached hydrogen (secondary N) is 1. The van der Waals surface area contributed by atoms with Gasteiger partial charge in [0.1, 0.15) is 5.75 Å². The van der Waals surface area contributed by atoms with Gasteiger partial charge in [0.05, 0.1) is 30.3 Å². The maximum atomic E-state index is 12.4. The molecule has 0 saturated heterocycles.